The Morgan fingerprint density at radius 1 is 1.15 bits per heavy atom. The fourth-order valence-electron chi connectivity index (χ4n) is 3.25. The minimum Gasteiger partial charge on any atom is -0.441 e. The molecule has 1 amide bonds. The molecule has 0 radical (unpaired) electrons. The molecule has 27 heavy (non-hydrogen) atoms. The van der Waals surface area contributed by atoms with Crippen molar-refractivity contribution in [2.75, 3.05) is 33.3 Å². The second kappa shape index (κ2) is 10.5. The maximum atomic E-state index is 12.1. The smallest absolute Gasteiger partial charge is 0.410 e. The largest absolute Gasteiger partial charge is 0.441 e. The summed E-state index contributed by atoms with van der Waals surface area (Å²) in [5, 5.41) is 0. The van der Waals surface area contributed by atoms with Crippen molar-refractivity contribution < 1.29 is 14.3 Å². The maximum Gasteiger partial charge on any atom is 0.410 e. The Morgan fingerprint density at radius 3 is 2.30 bits per heavy atom. The molecule has 1 heterocycles. The number of hydrogen-bond acceptors (Lipinski definition) is 4. The number of amides is 1. The number of rotatable bonds is 8. The van der Waals surface area contributed by atoms with E-state index in [4.69, 9.17) is 4.74 Å². The molecule has 0 bridgehead atoms. The molecule has 2 rings (SSSR count). The SMILES string of the molecule is CCN(C)Cc1ccc(CC2CCN(C(=O)OCC(=O)C(C)C)CC2)cc1. The van der Waals surface area contributed by atoms with E-state index in [1.54, 1.807) is 4.90 Å². The molecular weight excluding hydrogens is 340 g/mol. The number of ketones is 1. The van der Waals surface area contributed by atoms with E-state index >= 15 is 0 Å². The van der Waals surface area contributed by atoms with Gasteiger partial charge >= 0.3 is 6.09 Å². The average molecular weight is 375 g/mol. The van der Waals surface area contributed by atoms with Crippen LogP contribution in [0, 0.1) is 11.8 Å². The number of benzene rings is 1. The highest BCUT2D eigenvalue weighted by Crippen LogP contribution is 2.22. The molecule has 0 saturated carbocycles. The van der Waals surface area contributed by atoms with Gasteiger partial charge in [0, 0.05) is 25.6 Å². The third kappa shape index (κ3) is 6.98. The zero-order chi connectivity index (χ0) is 19.8. The van der Waals surface area contributed by atoms with Crippen LogP contribution in [0.15, 0.2) is 24.3 Å². The van der Waals surface area contributed by atoms with E-state index in [0.717, 1.165) is 32.4 Å². The van der Waals surface area contributed by atoms with Crippen molar-refractivity contribution in [3.8, 4) is 0 Å². The normalized spacial score (nSPS) is 15.4. The molecule has 1 fully saturated rings. The summed E-state index contributed by atoms with van der Waals surface area (Å²) >= 11 is 0. The molecule has 5 nitrogen and oxygen atoms in total. The first-order valence-corrected chi connectivity index (χ1v) is 10.1. The summed E-state index contributed by atoms with van der Waals surface area (Å²) in [4.78, 5) is 27.7. The van der Waals surface area contributed by atoms with Crippen molar-refractivity contribution in [3.05, 3.63) is 35.4 Å². The lowest BCUT2D eigenvalue weighted by molar-refractivity contribution is -0.125. The number of piperidine rings is 1. The van der Waals surface area contributed by atoms with Crippen LogP contribution in [0.3, 0.4) is 0 Å². The topological polar surface area (TPSA) is 49.9 Å². The molecule has 150 valence electrons. The zero-order valence-corrected chi connectivity index (χ0v) is 17.2. The molecule has 1 saturated heterocycles. The highest BCUT2D eigenvalue weighted by Gasteiger charge is 2.24. The Hall–Kier alpha value is -1.88. The fourth-order valence-corrected chi connectivity index (χ4v) is 3.25. The van der Waals surface area contributed by atoms with Crippen LogP contribution in [-0.2, 0) is 22.5 Å². The van der Waals surface area contributed by atoms with Crippen molar-refractivity contribution in [1.82, 2.24) is 9.80 Å². The number of likely N-dealkylation sites (tertiary alicyclic amines) is 1. The second-order valence-electron chi connectivity index (χ2n) is 7.96. The van der Waals surface area contributed by atoms with Crippen molar-refractivity contribution in [3.63, 3.8) is 0 Å². The lowest BCUT2D eigenvalue weighted by Crippen LogP contribution is -2.40. The fraction of sp³-hybridized carbons (Fsp3) is 0.636. The predicted octanol–water partition coefficient (Wildman–Crippen LogP) is 3.75. The highest BCUT2D eigenvalue weighted by molar-refractivity contribution is 5.83. The number of carbonyl (C=O) groups is 2. The van der Waals surface area contributed by atoms with Gasteiger partial charge in [-0.3, -0.25) is 4.79 Å². The number of nitrogens with zero attached hydrogens (tertiary/aromatic N) is 2. The first kappa shape index (κ1) is 21.4. The Kier molecular flexibility index (Phi) is 8.29. The molecule has 1 aliphatic rings. The van der Waals surface area contributed by atoms with Gasteiger partial charge in [-0.1, -0.05) is 45.0 Å². The second-order valence-corrected chi connectivity index (χ2v) is 7.96. The molecule has 0 aromatic heterocycles. The van der Waals surface area contributed by atoms with Crippen LogP contribution in [0.2, 0.25) is 0 Å². The first-order chi connectivity index (χ1) is 12.9. The van der Waals surface area contributed by atoms with Gasteiger partial charge in [-0.05, 0) is 49.9 Å². The first-order valence-electron chi connectivity index (χ1n) is 10.1. The van der Waals surface area contributed by atoms with E-state index in [1.807, 2.05) is 13.8 Å². The number of Topliss-reactive ketones (excluding diaryl/α,β-unsaturated/α-hetero) is 1. The summed E-state index contributed by atoms with van der Waals surface area (Å²) in [5.41, 5.74) is 2.71. The van der Waals surface area contributed by atoms with Gasteiger partial charge in [-0.25, -0.2) is 4.79 Å². The van der Waals surface area contributed by atoms with Crippen molar-refractivity contribution in [1.29, 1.82) is 0 Å². The average Bonchev–Trinajstić information content (AvgIpc) is 2.67. The van der Waals surface area contributed by atoms with Gasteiger partial charge in [0.25, 0.3) is 0 Å². The Labute approximate surface area is 163 Å². The molecule has 1 aromatic carbocycles. The molecule has 0 atom stereocenters. The lowest BCUT2D eigenvalue weighted by atomic mass is 9.90. The lowest BCUT2D eigenvalue weighted by Gasteiger charge is -2.31. The predicted molar refractivity (Wildman–Crippen MR) is 108 cm³/mol. The number of hydrogen-bond donors (Lipinski definition) is 0. The van der Waals surface area contributed by atoms with Crippen LogP contribution in [0.5, 0.6) is 0 Å². The van der Waals surface area contributed by atoms with Crippen LogP contribution in [0.4, 0.5) is 4.79 Å². The maximum absolute atomic E-state index is 12.1. The molecular formula is C22H34N2O3. The number of ether oxygens (including phenoxy) is 1. The molecule has 0 spiro atoms. The molecule has 0 N–H and O–H groups in total. The van der Waals surface area contributed by atoms with Crippen molar-refractivity contribution in [2.24, 2.45) is 11.8 Å². The monoisotopic (exact) mass is 374 g/mol. The van der Waals surface area contributed by atoms with Crippen LogP contribution in [0.1, 0.15) is 44.7 Å². The van der Waals surface area contributed by atoms with Crippen LogP contribution >= 0.6 is 0 Å². The van der Waals surface area contributed by atoms with Gasteiger partial charge in [0.1, 0.15) is 0 Å². The molecule has 1 aliphatic heterocycles. The van der Waals surface area contributed by atoms with Crippen molar-refractivity contribution in [2.45, 2.75) is 46.6 Å². The molecule has 0 unspecified atom stereocenters. The summed E-state index contributed by atoms with van der Waals surface area (Å²) < 4.78 is 5.15. The Balaban J connectivity index is 1.74. The van der Waals surface area contributed by atoms with Crippen molar-refractivity contribution >= 4 is 11.9 Å². The third-order valence-electron chi connectivity index (χ3n) is 5.39. The van der Waals surface area contributed by atoms with Gasteiger partial charge in [0.2, 0.25) is 0 Å². The van der Waals surface area contributed by atoms with E-state index in [-0.39, 0.29) is 24.4 Å². The molecule has 0 aliphatic carbocycles. The van der Waals surface area contributed by atoms with E-state index in [0.29, 0.717) is 19.0 Å². The minimum absolute atomic E-state index is 0.0354. The summed E-state index contributed by atoms with van der Waals surface area (Å²) in [6.45, 7) is 9.13. The van der Waals surface area contributed by atoms with E-state index in [1.165, 1.54) is 11.1 Å². The zero-order valence-electron chi connectivity index (χ0n) is 17.2. The van der Waals surface area contributed by atoms with Crippen LogP contribution in [0.25, 0.3) is 0 Å². The summed E-state index contributed by atoms with van der Waals surface area (Å²) in [6.07, 6.45) is 2.66. The van der Waals surface area contributed by atoms with Gasteiger partial charge in [-0.15, -0.1) is 0 Å². The molecule has 1 aromatic rings. The summed E-state index contributed by atoms with van der Waals surface area (Å²) in [6, 6.07) is 8.91. The third-order valence-corrected chi connectivity index (χ3v) is 5.39. The van der Waals surface area contributed by atoms with Crippen LogP contribution in [-0.4, -0.2) is 55.0 Å². The summed E-state index contributed by atoms with van der Waals surface area (Å²) in [5.74, 6) is 0.458. The summed E-state index contributed by atoms with van der Waals surface area (Å²) in [7, 11) is 2.13. The minimum atomic E-state index is -0.355. The number of carbonyl (C=O) groups excluding carboxylic acids is 2. The highest BCUT2D eigenvalue weighted by atomic mass is 16.6. The van der Waals surface area contributed by atoms with Gasteiger partial charge in [0.15, 0.2) is 12.4 Å². The molecule has 5 heteroatoms. The van der Waals surface area contributed by atoms with E-state index < -0.39 is 0 Å². The van der Waals surface area contributed by atoms with Crippen LogP contribution < -0.4 is 0 Å². The van der Waals surface area contributed by atoms with E-state index in [2.05, 4.69) is 43.1 Å². The van der Waals surface area contributed by atoms with Gasteiger partial charge < -0.3 is 14.5 Å². The van der Waals surface area contributed by atoms with Gasteiger partial charge in [0.05, 0.1) is 0 Å². The Bertz CT molecular complexity index is 604. The quantitative estimate of drug-likeness (QED) is 0.695. The standard InChI is InChI=1S/C22H34N2O3/c1-5-23(4)15-20-8-6-18(7-9-20)14-19-10-12-24(13-11-19)22(26)27-16-21(25)17(2)3/h6-9,17,19H,5,10-16H2,1-4H3. The van der Waals surface area contributed by atoms with Gasteiger partial charge in [-0.2, -0.15) is 0 Å². The van der Waals surface area contributed by atoms with E-state index in [9.17, 15) is 9.59 Å². The Morgan fingerprint density at radius 2 is 1.74 bits per heavy atom.